The third kappa shape index (κ3) is 5.89. The summed E-state index contributed by atoms with van der Waals surface area (Å²) in [5.41, 5.74) is 1.17. The standard InChI is InChI=1S/C18H16ClN5O3S2/c1-11(16(25)21-15-9-13(24(26)27)7-8-14(15)19)28-18-23-22-17(29-18)20-10-12-5-3-2-4-6-12/h2-9,11H,10H2,1H3,(H,20,22)(H,21,25)/t11-/m0/s1. The summed E-state index contributed by atoms with van der Waals surface area (Å²) in [6.45, 7) is 2.34. The lowest BCUT2D eigenvalue weighted by Gasteiger charge is -2.11. The predicted octanol–water partition coefficient (Wildman–Crippen LogP) is 4.83. The first-order valence-electron chi connectivity index (χ1n) is 8.45. The van der Waals surface area contributed by atoms with Gasteiger partial charge < -0.3 is 10.6 Å². The zero-order valence-corrected chi connectivity index (χ0v) is 17.6. The number of nitro benzene ring substituents is 1. The van der Waals surface area contributed by atoms with Crippen molar-refractivity contribution in [1.29, 1.82) is 0 Å². The summed E-state index contributed by atoms with van der Waals surface area (Å²) >= 11 is 8.62. The molecule has 0 bridgehead atoms. The number of hydrogen-bond donors (Lipinski definition) is 2. The first-order chi connectivity index (χ1) is 13.9. The Kier molecular flexibility index (Phi) is 7.02. The van der Waals surface area contributed by atoms with Gasteiger partial charge in [-0.25, -0.2) is 0 Å². The van der Waals surface area contributed by atoms with Gasteiger partial charge in [0, 0.05) is 18.7 Å². The molecule has 0 aliphatic rings. The number of rotatable bonds is 8. The molecule has 0 radical (unpaired) electrons. The van der Waals surface area contributed by atoms with Gasteiger partial charge in [-0.3, -0.25) is 14.9 Å². The number of nitrogens with one attached hydrogen (secondary N) is 2. The number of thioether (sulfide) groups is 1. The highest BCUT2D eigenvalue weighted by molar-refractivity contribution is 8.02. The monoisotopic (exact) mass is 449 g/mol. The number of non-ortho nitro benzene ring substituents is 1. The summed E-state index contributed by atoms with van der Waals surface area (Å²) in [7, 11) is 0. The highest BCUT2D eigenvalue weighted by Crippen LogP contribution is 2.31. The maximum Gasteiger partial charge on any atom is 0.271 e. The lowest BCUT2D eigenvalue weighted by Crippen LogP contribution is -2.22. The Morgan fingerprint density at radius 3 is 2.76 bits per heavy atom. The average molecular weight is 450 g/mol. The second-order valence-corrected chi connectivity index (χ2v) is 8.86. The van der Waals surface area contributed by atoms with E-state index in [0.29, 0.717) is 16.0 Å². The summed E-state index contributed by atoms with van der Waals surface area (Å²) < 4.78 is 0.633. The van der Waals surface area contributed by atoms with E-state index in [1.165, 1.54) is 41.3 Å². The molecule has 0 spiro atoms. The number of halogens is 1. The molecule has 1 aromatic heterocycles. The second-order valence-electron chi connectivity index (χ2n) is 5.88. The van der Waals surface area contributed by atoms with E-state index in [0.717, 1.165) is 5.56 Å². The molecule has 3 aromatic rings. The van der Waals surface area contributed by atoms with Gasteiger partial charge in [0.15, 0.2) is 4.34 Å². The third-order valence-electron chi connectivity index (χ3n) is 3.76. The first-order valence-corrected chi connectivity index (χ1v) is 10.5. The van der Waals surface area contributed by atoms with Crippen LogP contribution in [0.15, 0.2) is 52.9 Å². The lowest BCUT2D eigenvalue weighted by atomic mass is 10.2. The van der Waals surface area contributed by atoms with Crippen LogP contribution in [0.1, 0.15) is 12.5 Å². The Balaban J connectivity index is 1.57. The molecule has 0 fully saturated rings. The number of carbonyl (C=O) groups is 1. The van der Waals surface area contributed by atoms with E-state index in [1.54, 1.807) is 6.92 Å². The predicted molar refractivity (Wildman–Crippen MR) is 116 cm³/mol. The van der Waals surface area contributed by atoms with Gasteiger partial charge in [0.05, 0.1) is 20.9 Å². The highest BCUT2D eigenvalue weighted by atomic mass is 35.5. The fourth-order valence-corrected chi connectivity index (χ4v) is 4.32. The van der Waals surface area contributed by atoms with Crippen LogP contribution in [0, 0.1) is 10.1 Å². The Morgan fingerprint density at radius 2 is 2.03 bits per heavy atom. The molecule has 0 aliphatic carbocycles. The minimum absolute atomic E-state index is 0.150. The van der Waals surface area contributed by atoms with Gasteiger partial charge >= 0.3 is 0 Å². The maximum atomic E-state index is 12.4. The number of anilines is 2. The number of aromatic nitrogens is 2. The van der Waals surface area contributed by atoms with E-state index in [2.05, 4.69) is 20.8 Å². The van der Waals surface area contributed by atoms with E-state index < -0.39 is 10.2 Å². The number of benzene rings is 2. The van der Waals surface area contributed by atoms with E-state index in [1.807, 2.05) is 30.3 Å². The van der Waals surface area contributed by atoms with E-state index >= 15 is 0 Å². The number of amides is 1. The molecule has 11 heteroatoms. The molecule has 150 valence electrons. The third-order valence-corrected chi connectivity index (χ3v) is 6.15. The van der Waals surface area contributed by atoms with Crippen LogP contribution in [0.25, 0.3) is 0 Å². The van der Waals surface area contributed by atoms with Crippen molar-refractivity contribution in [3.05, 3.63) is 69.2 Å². The minimum Gasteiger partial charge on any atom is -0.356 e. The Bertz CT molecular complexity index is 1020. The summed E-state index contributed by atoms with van der Waals surface area (Å²) in [4.78, 5) is 22.8. The van der Waals surface area contributed by atoms with E-state index in [9.17, 15) is 14.9 Å². The van der Waals surface area contributed by atoms with Crippen LogP contribution >= 0.6 is 34.7 Å². The quantitative estimate of drug-likeness (QED) is 0.288. The molecule has 0 unspecified atom stereocenters. The summed E-state index contributed by atoms with van der Waals surface area (Å²) in [5.74, 6) is -0.341. The van der Waals surface area contributed by atoms with Crippen molar-refractivity contribution < 1.29 is 9.72 Å². The average Bonchev–Trinajstić information content (AvgIpc) is 3.16. The molecule has 3 rings (SSSR count). The molecule has 2 aromatic carbocycles. The normalized spacial score (nSPS) is 11.7. The SMILES string of the molecule is C[C@H](Sc1nnc(NCc2ccccc2)s1)C(=O)Nc1cc([N+](=O)[O-])ccc1Cl. The van der Waals surface area contributed by atoms with Gasteiger partial charge in [-0.1, -0.05) is 65.0 Å². The van der Waals surface area contributed by atoms with Gasteiger partial charge in [-0.05, 0) is 18.6 Å². The Morgan fingerprint density at radius 1 is 1.28 bits per heavy atom. The minimum atomic E-state index is -0.546. The van der Waals surface area contributed by atoms with Crippen molar-refractivity contribution in [3.8, 4) is 0 Å². The molecular formula is C18H16ClN5O3S2. The molecule has 1 amide bonds. The van der Waals surface area contributed by atoms with Gasteiger partial charge in [0.2, 0.25) is 11.0 Å². The zero-order chi connectivity index (χ0) is 20.8. The van der Waals surface area contributed by atoms with Crippen molar-refractivity contribution in [2.45, 2.75) is 23.1 Å². The topological polar surface area (TPSA) is 110 Å². The molecule has 1 heterocycles. The number of nitrogens with zero attached hydrogens (tertiary/aromatic N) is 3. The Hall–Kier alpha value is -2.69. The smallest absolute Gasteiger partial charge is 0.271 e. The first kappa shape index (κ1) is 21.0. The van der Waals surface area contributed by atoms with Crippen LogP contribution in [0.2, 0.25) is 5.02 Å². The molecule has 8 nitrogen and oxygen atoms in total. The second kappa shape index (κ2) is 9.68. The highest BCUT2D eigenvalue weighted by Gasteiger charge is 2.19. The maximum absolute atomic E-state index is 12.4. The van der Waals surface area contributed by atoms with Crippen molar-refractivity contribution in [3.63, 3.8) is 0 Å². The van der Waals surface area contributed by atoms with Gasteiger partial charge in [0.25, 0.3) is 5.69 Å². The zero-order valence-electron chi connectivity index (χ0n) is 15.2. The summed E-state index contributed by atoms with van der Waals surface area (Å²) in [6.07, 6.45) is 0. The van der Waals surface area contributed by atoms with E-state index in [4.69, 9.17) is 11.6 Å². The molecule has 2 N–H and O–H groups in total. The van der Waals surface area contributed by atoms with Crippen LogP contribution < -0.4 is 10.6 Å². The van der Waals surface area contributed by atoms with E-state index in [-0.39, 0.29) is 22.3 Å². The number of nitro groups is 1. The number of hydrogen-bond acceptors (Lipinski definition) is 8. The summed E-state index contributed by atoms with van der Waals surface area (Å²) in [5, 5.41) is 25.3. The van der Waals surface area contributed by atoms with Gasteiger partial charge in [-0.15, -0.1) is 10.2 Å². The molecule has 0 saturated carbocycles. The summed E-state index contributed by atoms with van der Waals surface area (Å²) in [6, 6.07) is 13.8. The fourth-order valence-electron chi connectivity index (χ4n) is 2.26. The largest absolute Gasteiger partial charge is 0.356 e. The van der Waals surface area contributed by atoms with Gasteiger partial charge in [0.1, 0.15) is 0 Å². The van der Waals surface area contributed by atoms with Crippen molar-refractivity contribution in [2.75, 3.05) is 10.6 Å². The molecule has 1 atom stereocenters. The molecular weight excluding hydrogens is 434 g/mol. The lowest BCUT2D eigenvalue weighted by molar-refractivity contribution is -0.384. The van der Waals surface area contributed by atoms with Crippen LogP contribution in [-0.4, -0.2) is 26.3 Å². The van der Waals surface area contributed by atoms with Crippen molar-refractivity contribution >= 4 is 57.1 Å². The Labute approximate surface area is 179 Å². The van der Waals surface area contributed by atoms with Gasteiger partial charge in [-0.2, -0.15) is 0 Å². The van der Waals surface area contributed by atoms with Crippen LogP contribution in [0.5, 0.6) is 0 Å². The van der Waals surface area contributed by atoms with Crippen molar-refractivity contribution in [1.82, 2.24) is 10.2 Å². The number of carbonyl (C=O) groups excluding carboxylic acids is 1. The molecule has 0 saturated heterocycles. The van der Waals surface area contributed by atoms with Crippen molar-refractivity contribution in [2.24, 2.45) is 0 Å². The fraction of sp³-hybridized carbons (Fsp3) is 0.167. The van der Waals surface area contributed by atoms with Crippen LogP contribution in [-0.2, 0) is 11.3 Å². The molecule has 29 heavy (non-hydrogen) atoms. The van der Waals surface area contributed by atoms with Crippen LogP contribution in [0.4, 0.5) is 16.5 Å². The van der Waals surface area contributed by atoms with Crippen LogP contribution in [0.3, 0.4) is 0 Å². The molecule has 0 aliphatic heterocycles.